The van der Waals surface area contributed by atoms with Crippen LogP contribution in [0, 0.1) is 5.92 Å². The molecule has 1 N–H and O–H groups in total. The van der Waals surface area contributed by atoms with Crippen LogP contribution < -0.4 is 10.1 Å². The summed E-state index contributed by atoms with van der Waals surface area (Å²) in [5, 5.41) is 2.80. The molecule has 0 unspecified atom stereocenters. The summed E-state index contributed by atoms with van der Waals surface area (Å²) in [5.41, 5.74) is 2.06. The first-order valence-corrected chi connectivity index (χ1v) is 11.8. The number of benzene rings is 2. The lowest BCUT2D eigenvalue weighted by molar-refractivity contribution is -0.146. The molecule has 0 spiro atoms. The SMILES string of the molecule is CCC[C@H](CC[C@@H](C)Oc1ccccc1CCCNC(=O)OCc1ccccc1)C(=O)OC. The van der Waals surface area contributed by atoms with Gasteiger partial charge in [0.2, 0.25) is 0 Å². The highest BCUT2D eigenvalue weighted by Crippen LogP contribution is 2.23. The van der Waals surface area contributed by atoms with Crippen molar-refractivity contribution in [2.24, 2.45) is 5.92 Å². The van der Waals surface area contributed by atoms with E-state index in [1.165, 1.54) is 7.11 Å². The zero-order valence-electron chi connectivity index (χ0n) is 20.0. The van der Waals surface area contributed by atoms with Crippen molar-refractivity contribution >= 4 is 12.1 Å². The number of para-hydroxylation sites is 1. The summed E-state index contributed by atoms with van der Waals surface area (Å²) < 4.78 is 16.4. The van der Waals surface area contributed by atoms with Gasteiger partial charge < -0.3 is 19.5 Å². The molecule has 0 radical (unpaired) electrons. The maximum atomic E-state index is 11.9. The Hall–Kier alpha value is -3.02. The van der Waals surface area contributed by atoms with Crippen LogP contribution >= 0.6 is 0 Å². The van der Waals surface area contributed by atoms with Gasteiger partial charge in [-0.2, -0.15) is 0 Å². The van der Waals surface area contributed by atoms with Crippen LogP contribution in [-0.2, 0) is 27.3 Å². The zero-order chi connectivity index (χ0) is 23.9. The van der Waals surface area contributed by atoms with E-state index >= 15 is 0 Å². The predicted octanol–water partition coefficient (Wildman–Crippen LogP) is 5.68. The monoisotopic (exact) mass is 455 g/mol. The fourth-order valence-electron chi connectivity index (χ4n) is 3.68. The summed E-state index contributed by atoms with van der Waals surface area (Å²) >= 11 is 0. The maximum Gasteiger partial charge on any atom is 0.407 e. The second-order valence-corrected chi connectivity index (χ2v) is 8.21. The van der Waals surface area contributed by atoms with Crippen LogP contribution in [0.1, 0.15) is 57.1 Å². The molecule has 2 aromatic carbocycles. The Labute approximate surface area is 197 Å². The van der Waals surface area contributed by atoms with E-state index in [4.69, 9.17) is 14.2 Å². The third-order valence-corrected chi connectivity index (χ3v) is 5.50. The van der Waals surface area contributed by atoms with E-state index in [9.17, 15) is 9.59 Å². The molecule has 0 fully saturated rings. The summed E-state index contributed by atoms with van der Waals surface area (Å²) in [6, 6.07) is 17.6. The van der Waals surface area contributed by atoms with Crippen LogP contribution in [0.2, 0.25) is 0 Å². The van der Waals surface area contributed by atoms with Gasteiger partial charge in [-0.15, -0.1) is 0 Å². The number of carbonyl (C=O) groups is 2. The van der Waals surface area contributed by atoms with Crippen LogP contribution in [0.5, 0.6) is 5.75 Å². The van der Waals surface area contributed by atoms with E-state index in [0.29, 0.717) is 6.54 Å². The smallest absolute Gasteiger partial charge is 0.407 e. The van der Waals surface area contributed by atoms with Gasteiger partial charge in [-0.05, 0) is 56.2 Å². The lowest BCUT2D eigenvalue weighted by atomic mass is 9.96. The topological polar surface area (TPSA) is 73.9 Å². The van der Waals surface area contributed by atoms with E-state index in [-0.39, 0.29) is 24.6 Å². The quantitative estimate of drug-likeness (QED) is 0.293. The molecule has 6 nitrogen and oxygen atoms in total. The van der Waals surface area contributed by atoms with Gasteiger partial charge in [0.1, 0.15) is 12.4 Å². The Morgan fingerprint density at radius 3 is 2.42 bits per heavy atom. The molecule has 0 aliphatic heterocycles. The van der Waals surface area contributed by atoms with Gasteiger partial charge in [0.05, 0.1) is 19.1 Å². The Balaban J connectivity index is 1.74. The highest BCUT2D eigenvalue weighted by molar-refractivity contribution is 5.72. The van der Waals surface area contributed by atoms with E-state index in [2.05, 4.69) is 12.2 Å². The van der Waals surface area contributed by atoms with Crippen LogP contribution in [0.3, 0.4) is 0 Å². The second-order valence-electron chi connectivity index (χ2n) is 8.21. The van der Waals surface area contributed by atoms with Crippen molar-refractivity contribution in [2.45, 2.75) is 65.1 Å². The Morgan fingerprint density at radius 2 is 1.70 bits per heavy atom. The molecule has 0 saturated carbocycles. The summed E-state index contributed by atoms with van der Waals surface area (Å²) in [4.78, 5) is 23.8. The number of esters is 1. The molecule has 0 aliphatic rings. The number of hydrogen-bond donors (Lipinski definition) is 1. The molecule has 2 rings (SSSR count). The molecule has 33 heavy (non-hydrogen) atoms. The van der Waals surface area contributed by atoms with Crippen LogP contribution in [0.4, 0.5) is 4.79 Å². The van der Waals surface area contributed by atoms with Crippen molar-refractivity contribution in [1.82, 2.24) is 5.32 Å². The molecule has 0 aromatic heterocycles. The van der Waals surface area contributed by atoms with Gasteiger partial charge in [0, 0.05) is 6.54 Å². The van der Waals surface area contributed by atoms with Gasteiger partial charge in [-0.1, -0.05) is 61.9 Å². The molecule has 2 aromatic rings. The predicted molar refractivity (Wildman–Crippen MR) is 129 cm³/mol. The molecule has 0 bridgehead atoms. The molecule has 1 amide bonds. The van der Waals surface area contributed by atoms with Crippen LogP contribution in [-0.4, -0.2) is 31.8 Å². The minimum atomic E-state index is -0.413. The first-order chi connectivity index (χ1) is 16.0. The van der Waals surface area contributed by atoms with Crippen molar-refractivity contribution < 1.29 is 23.8 Å². The van der Waals surface area contributed by atoms with Gasteiger partial charge in [-0.25, -0.2) is 4.79 Å². The van der Waals surface area contributed by atoms with E-state index in [1.54, 1.807) is 0 Å². The molecule has 0 heterocycles. The number of carbonyl (C=O) groups excluding carboxylic acids is 2. The lowest BCUT2D eigenvalue weighted by Gasteiger charge is -2.20. The number of nitrogens with one attached hydrogen (secondary N) is 1. The number of aryl methyl sites for hydroxylation is 1. The maximum absolute atomic E-state index is 11.9. The minimum absolute atomic E-state index is 0.0127. The van der Waals surface area contributed by atoms with E-state index in [0.717, 1.165) is 55.4 Å². The van der Waals surface area contributed by atoms with Gasteiger partial charge in [-0.3, -0.25) is 4.79 Å². The third-order valence-electron chi connectivity index (χ3n) is 5.50. The van der Waals surface area contributed by atoms with Crippen LogP contribution in [0.15, 0.2) is 54.6 Å². The standard InChI is InChI=1S/C27H37NO5/c1-4-11-24(26(29)31-3)18-17-21(2)33-25-16-9-8-14-23(25)15-10-19-28-27(30)32-20-22-12-6-5-7-13-22/h5-9,12-14,16,21,24H,4,10-11,15,17-20H2,1-3H3,(H,28,30)/t21-,24-/m1/s1. The molecule has 2 atom stereocenters. The van der Waals surface area contributed by atoms with Gasteiger partial charge >= 0.3 is 12.1 Å². The number of alkyl carbamates (subject to hydrolysis) is 1. The second kappa shape index (κ2) is 14.9. The van der Waals surface area contributed by atoms with Crippen LogP contribution in [0.25, 0.3) is 0 Å². The first kappa shape index (κ1) is 26.2. The summed E-state index contributed by atoms with van der Waals surface area (Å²) in [6.45, 7) is 4.89. The molecular formula is C27H37NO5. The normalized spacial score (nSPS) is 12.5. The Morgan fingerprint density at radius 1 is 0.970 bits per heavy atom. The van der Waals surface area contributed by atoms with Gasteiger partial charge in [0.25, 0.3) is 0 Å². The molecule has 6 heteroatoms. The summed E-state index contributed by atoms with van der Waals surface area (Å²) in [7, 11) is 1.44. The van der Waals surface area contributed by atoms with Crippen molar-refractivity contribution in [2.75, 3.05) is 13.7 Å². The summed E-state index contributed by atoms with van der Waals surface area (Å²) in [6.07, 6.45) is 4.44. The average Bonchev–Trinajstić information content (AvgIpc) is 2.84. The Bertz CT molecular complexity index is 839. The third kappa shape index (κ3) is 9.98. The largest absolute Gasteiger partial charge is 0.490 e. The van der Waals surface area contributed by atoms with E-state index in [1.807, 2.05) is 61.5 Å². The first-order valence-electron chi connectivity index (χ1n) is 11.8. The molecule has 0 aliphatic carbocycles. The summed E-state index contributed by atoms with van der Waals surface area (Å²) in [5.74, 6) is 0.634. The number of ether oxygens (including phenoxy) is 3. The van der Waals surface area contributed by atoms with Gasteiger partial charge in [0.15, 0.2) is 0 Å². The molecule has 0 saturated heterocycles. The van der Waals surface area contributed by atoms with Crippen molar-refractivity contribution in [1.29, 1.82) is 0 Å². The average molecular weight is 456 g/mol. The van der Waals surface area contributed by atoms with Crippen molar-refractivity contribution in [3.8, 4) is 5.75 Å². The fraction of sp³-hybridized carbons (Fsp3) is 0.481. The number of hydrogen-bond acceptors (Lipinski definition) is 5. The minimum Gasteiger partial charge on any atom is -0.490 e. The Kier molecular flexibility index (Phi) is 11.9. The number of amides is 1. The highest BCUT2D eigenvalue weighted by atomic mass is 16.5. The van der Waals surface area contributed by atoms with E-state index < -0.39 is 6.09 Å². The van der Waals surface area contributed by atoms with Crippen molar-refractivity contribution in [3.05, 3.63) is 65.7 Å². The van der Waals surface area contributed by atoms with Crippen molar-refractivity contribution in [3.63, 3.8) is 0 Å². The molecule has 180 valence electrons. The lowest BCUT2D eigenvalue weighted by Crippen LogP contribution is -2.25. The number of methoxy groups -OCH3 is 1. The molecular weight excluding hydrogens is 418 g/mol. The number of rotatable bonds is 14. The highest BCUT2D eigenvalue weighted by Gasteiger charge is 2.19. The zero-order valence-corrected chi connectivity index (χ0v) is 20.0. The fourth-order valence-corrected chi connectivity index (χ4v) is 3.68.